The fourth-order valence-corrected chi connectivity index (χ4v) is 4.78. The number of ether oxygens (including phenoxy) is 2. The van der Waals surface area contributed by atoms with E-state index in [0.29, 0.717) is 17.7 Å². The van der Waals surface area contributed by atoms with Gasteiger partial charge in [-0.1, -0.05) is 31.5 Å². The second-order valence-electron chi connectivity index (χ2n) is 9.15. The first-order valence-corrected chi connectivity index (χ1v) is 12.6. The maximum absolute atomic E-state index is 13.4. The second kappa shape index (κ2) is 10.8. The fourth-order valence-electron chi connectivity index (χ4n) is 4.78. The average molecular weight is 497 g/mol. The summed E-state index contributed by atoms with van der Waals surface area (Å²) in [5.41, 5.74) is 4.66. The molecule has 0 fully saturated rings. The Labute approximate surface area is 216 Å². The summed E-state index contributed by atoms with van der Waals surface area (Å²) in [6, 6.07) is 21.0. The average Bonchev–Trinajstić information content (AvgIpc) is 3.52. The van der Waals surface area contributed by atoms with Crippen molar-refractivity contribution >= 4 is 27.8 Å². The van der Waals surface area contributed by atoms with Gasteiger partial charge in [0.05, 0.1) is 31.3 Å². The lowest BCUT2D eigenvalue weighted by Crippen LogP contribution is -2.32. The summed E-state index contributed by atoms with van der Waals surface area (Å²) >= 11 is 0. The van der Waals surface area contributed by atoms with E-state index in [1.54, 1.807) is 38.5 Å². The number of aryl methyl sites for hydroxylation is 1. The summed E-state index contributed by atoms with van der Waals surface area (Å²) in [6.07, 6.45) is 4.67. The van der Waals surface area contributed by atoms with Crippen molar-refractivity contribution in [2.24, 2.45) is 0 Å². The molecule has 190 valence electrons. The van der Waals surface area contributed by atoms with Crippen molar-refractivity contribution in [3.63, 3.8) is 0 Å². The number of hydrogen-bond acceptors (Lipinski definition) is 4. The smallest absolute Gasteiger partial charge is 0.251 e. The van der Waals surface area contributed by atoms with E-state index in [1.807, 2.05) is 36.5 Å². The van der Waals surface area contributed by atoms with Crippen LogP contribution in [-0.2, 0) is 13.0 Å². The highest BCUT2D eigenvalue weighted by atomic mass is 16.5. The minimum Gasteiger partial charge on any atom is -0.497 e. The molecule has 1 atom stereocenters. The highest BCUT2D eigenvalue weighted by molar-refractivity contribution is 5.94. The highest BCUT2D eigenvalue weighted by Crippen LogP contribution is 2.29. The first-order valence-electron chi connectivity index (χ1n) is 12.6. The van der Waals surface area contributed by atoms with E-state index in [-0.39, 0.29) is 11.9 Å². The molecule has 2 heterocycles. The Morgan fingerprint density at radius 3 is 2.54 bits per heavy atom. The summed E-state index contributed by atoms with van der Waals surface area (Å²) in [5.74, 6) is 2.18. The van der Waals surface area contributed by atoms with Gasteiger partial charge < -0.3 is 24.3 Å². The Bertz CT molecular complexity index is 1520. The molecule has 37 heavy (non-hydrogen) atoms. The summed E-state index contributed by atoms with van der Waals surface area (Å²) in [4.78, 5) is 21.8. The number of H-pyrrole nitrogens is 1. The van der Waals surface area contributed by atoms with Crippen molar-refractivity contribution in [3.8, 4) is 11.5 Å². The molecule has 0 saturated carbocycles. The van der Waals surface area contributed by atoms with Crippen molar-refractivity contribution in [1.82, 2.24) is 19.9 Å². The first kappa shape index (κ1) is 24.4. The minimum atomic E-state index is -0.343. The lowest BCUT2D eigenvalue weighted by molar-refractivity contribution is 0.0934. The topological polar surface area (TPSA) is 81.2 Å². The number of rotatable bonds is 10. The number of carbonyl (C=O) groups is 1. The Kier molecular flexibility index (Phi) is 7.12. The van der Waals surface area contributed by atoms with Crippen LogP contribution in [0.15, 0.2) is 72.9 Å². The molecule has 1 amide bonds. The van der Waals surface area contributed by atoms with Gasteiger partial charge in [-0.3, -0.25) is 4.79 Å². The van der Waals surface area contributed by atoms with Crippen LogP contribution in [-0.4, -0.2) is 34.7 Å². The van der Waals surface area contributed by atoms with E-state index >= 15 is 0 Å². The summed E-state index contributed by atoms with van der Waals surface area (Å²) in [6.45, 7) is 2.98. The number of fused-ring (bicyclic) bond motifs is 2. The second-order valence-corrected chi connectivity index (χ2v) is 9.15. The van der Waals surface area contributed by atoms with Crippen LogP contribution >= 0.6 is 0 Å². The van der Waals surface area contributed by atoms with Gasteiger partial charge in [0.1, 0.15) is 17.3 Å². The van der Waals surface area contributed by atoms with Crippen molar-refractivity contribution in [2.45, 2.75) is 38.8 Å². The molecule has 1 unspecified atom stereocenters. The third-order valence-corrected chi connectivity index (χ3v) is 6.79. The Hall–Kier alpha value is -4.26. The van der Waals surface area contributed by atoms with Crippen LogP contribution in [0.4, 0.5) is 0 Å². The number of amides is 1. The van der Waals surface area contributed by atoms with Crippen LogP contribution in [0.1, 0.15) is 47.6 Å². The lowest BCUT2D eigenvalue weighted by atomic mass is 10.0. The number of imidazole rings is 1. The van der Waals surface area contributed by atoms with Crippen molar-refractivity contribution < 1.29 is 14.3 Å². The number of nitrogens with one attached hydrogen (secondary N) is 2. The van der Waals surface area contributed by atoms with Gasteiger partial charge in [-0.15, -0.1) is 0 Å². The zero-order chi connectivity index (χ0) is 25.8. The third kappa shape index (κ3) is 5.03. The van der Waals surface area contributed by atoms with Gasteiger partial charge in [0.2, 0.25) is 0 Å². The molecule has 0 aliphatic carbocycles. The van der Waals surface area contributed by atoms with Gasteiger partial charge >= 0.3 is 0 Å². The van der Waals surface area contributed by atoms with Crippen molar-refractivity contribution in [2.75, 3.05) is 14.2 Å². The van der Waals surface area contributed by atoms with Crippen molar-refractivity contribution in [3.05, 3.63) is 89.9 Å². The van der Waals surface area contributed by atoms with Gasteiger partial charge in [-0.2, -0.15) is 0 Å². The molecule has 0 aliphatic rings. The molecule has 0 spiro atoms. The molecule has 5 aromatic rings. The van der Waals surface area contributed by atoms with E-state index in [9.17, 15) is 4.79 Å². The SMILES string of the molecule is CCCCn1c(C(Cc2c[nH]c3ccccc23)NC(=O)c2ccc(OC)cc2)nc2ccc(OC)cc21. The monoisotopic (exact) mass is 496 g/mol. The summed E-state index contributed by atoms with van der Waals surface area (Å²) < 4.78 is 13.0. The van der Waals surface area contributed by atoms with Crippen molar-refractivity contribution in [1.29, 1.82) is 0 Å². The molecule has 2 N–H and O–H groups in total. The number of methoxy groups -OCH3 is 2. The number of aromatic nitrogens is 3. The highest BCUT2D eigenvalue weighted by Gasteiger charge is 2.24. The minimum absolute atomic E-state index is 0.154. The molecule has 7 nitrogen and oxygen atoms in total. The normalized spacial score (nSPS) is 12.1. The fraction of sp³-hybridized carbons (Fsp3) is 0.267. The number of para-hydroxylation sites is 1. The number of aromatic amines is 1. The van der Waals surface area contributed by atoms with E-state index in [2.05, 4.69) is 33.9 Å². The molecule has 0 saturated heterocycles. The standard InChI is InChI=1S/C30H32N4O3/c1-4-5-16-34-28-18-23(37-3)14-15-26(28)32-29(34)27(17-21-19-31-25-9-7-6-8-24(21)25)33-30(35)20-10-12-22(36-2)13-11-20/h6-15,18-19,27,31H,4-5,16-17H2,1-3H3,(H,33,35). The maximum Gasteiger partial charge on any atom is 0.251 e. The molecule has 0 radical (unpaired) electrons. The first-order chi connectivity index (χ1) is 18.1. The molecule has 3 aromatic carbocycles. The molecule has 2 aromatic heterocycles. The zero-order valence-electron chi connectivity index (χ0n) is 21.5. The third-order valence-electron chi connectivity index (χ3n) is 6.79. The van der Waals surface area contributed by atoms with E-state index in [4.69, 9.17) is 14.5 Å². The predicted molar refractivity (Wildman–Crippen MR) is 146 cm³/mol. The molecule has 7 heteroatoms. The van der Waals surface area contributed by atoms with E-state index in [1.165, 1.54) is 0 Å². The zero-order valence-corrected chi connectivity index (χ0v) is 21.5. The number of benzene rings is 3. The lowest BCUT2D eigenvalue weighted by Gasteiger charge is -2.20. The Morgan fingerprint density at radius 2 is 1.78 bits per heavy atom. The predicted octanol–water partition coefficient (Wildman–Crippen LogP) is 6.05. The molecule has 0 aliphatic heterocycles. The maximum atomic E-state index is 13.4. The van der Waals surface area contributed by atoms with E-state index in [0.717, 1.165) is 58.5 Å². The van der Waals surface area contributed by atoms with Crippen LogP contribution < -0.4 is 14.8 Å². The number of nitrogens with zero attached hydrogens (tertiary/aromatic N) is 2. The van der Waals surface area contributed by atoms with Crippen LogP contribution in [0, 0.1) is 0 Å². The van der Waals surface area contributed by atoms with Gasteiger partial charge in [-0.05, 0) is 54.4 Å². The molecular formula is C30H32N4O3. The van der Waals surface area contributed by atoms with Gasteiger partial charge in [0, 0.05) is 41.7 Å². The van der Waals surface area contributed by atoms with Gasteiger partial charge in [0.15, 0.2) is 0 Å². The molecule has 0 bridgehead atoms. The number of hydrogen-bond donors (Lipinski definition) is 2. The number of unbranched alkanes of at least 4 members (excludes halogenated alkanes) is 1. The Balaban J connectivity index is 1.58. The van der Waals surface area contributed by atoms with Gasteiger partial charge in [-0.25, -0.2) is 4.98 Å². The van der Waals surface area contributed by atoms with Crippen LogP contribution in [0.5, 0.6) is 11.5 Å². The molecular weight excluding hydrogens is 464 g/mol. The summed E-state index contributed by atoms with van der Waals surface area (Å²) in [7, 11) is 3.28. The quantitative estimate of drug-likeness (QED) is 0.247. The van der Waals surface area contributed by atoms with E-state index < -0.39 is 0 Å². The van der Waals surface area contributed by atoms with Crippen LogP contribution in [0.25, 0.3) is 21.9 Å². The van der Waals surface area contributed by atoms with Crippen LogP contribution in [0.2, 0.25) is 0 Å². The summed E-state index contributed by atoms with van der Waals surface area (Å²) in [5, 5.41) is 4.43. The molecule has 5 rings (SSSR count). The number of carbonyl (C=O) groups excluding carboxylic acids is 1. The largest absolute Gasteiger partial charge is 0.497 e. The Morgan fingerprint density at radius 1 is 1.03 bits per heavy atom. The van der Waals surface area contributed by atoms with Crippen LogP contribution in [0.3, 0.4) is 0 Å². The van der Waals surface area contributed by atoms with Gasteiger partial charge in [0.25, 0.3) is 5.91 Å².